The number of sulfonamides is 1. The minimum Gasteiger partial charge on any atom is -0.322 e. The van der Waals surface area contributed by atoms with Gasteiger partial charge in [0.2, 0.25) is 10.0 Å². The zero-order chi connectivity index (χ0) is 26.3. The Morgan fingerprint density at radius 2 is 1.75 bits per heavy atom. The molecule has 3 heterocycles. The summed E-state index contributed by atoms with van der Waals surface area (Å²) in [7, 11) is -3.20. The summed E-state index contributed by atoms with van der Waals surface area (Å²) < 4.78 is 64.8. The first-order chi connectivity index (χ1) is 16.8. The van der Waals surface area contributed by atoms with E-state index in [4.69, 9.17) is 11.6 Å². The van der Waals surface area contributed by atoms with Crippen LogP contribution >= 0.6 is 11.6 Å². The van der Waals surface area contributed by atoms with E-state index in [-0.39, 0.29) is 16.3 Å². The number of alkyl halides is 3. The molecule has 1 amide bonds. The Labute approximate surface area is 210 Å². The summed E-state index contributed by atoms with van der Waals surface area (Å²) in [5.41, 5.74) is 0.519. The molecule has 0 spiro atoms. The number of aromatic nitrogens is 3. The molecule has 1 N–H and O–H groups in total. The first-order valence-electron chi connectivity index (χ1n) is 11.0. The van der Waals surface area contributed by atoms with Gasteiger partial charge in [0.05, 0.1) is 40.0 Å². The lowest BCUT2D eigenvalue weighted by atomic mass is 10.1. The molecule has 1 aliphatic rings. The fourth-order valence-corrected chi connectivity index (χ4v) is 5.23. The van der Waals surface area contributed by atoms with Crippen LogP contribution in [-0.4, -0.2) is 77.3 Å². The van der Waals surface area contributed by atoms with E-state index in [9.17, 15) is 26.4 Å². The molecular weight excluding hydrogens is 521 g/mol. The molecule has 4 rings (SSSR count). The van der Waals surface area contributed by atoms with Crippen molar-refractivity contribution >= 4 is 44.3 Å². The summed E-state index contributed by atoms with van der Waals surface area (Å²) in [4.78, 5) is 19.3. The quantitative estimate of drug-likeness (QED) is 0.511. The molecule has 1 aliphatic heterocycles. The molecule has 36 heavy (non-hydrogen) atoms. The van der Waals surface area contributed by atoms with Gasteiger partial charge in [-0.15, -0.1) is 0 Å². The van der Waals surface area contributed by atoms with Gasteiger partial charge in [-0.25, -0.2) is 18.1 Å². The molecule has 9 nitrogen and oxygen atoms in total. The van der Waals surface area contributed by atoms with E-state index in [2.05, 4.69) is 20.3 Å². The van der Waals surface area contributed by atoms with Gasteiger partial charge in [-0.2, -0.15) is 22.6 Å². The van der Waals surface area contributed by atoms with Gasteiger partial charge in [0.25, 0.3) is 5.91 Å². The lowest BCUT2D eigenvalue weighted by Crippen LogP contribution is -2.48. The second-order valence-electron chi connectivity index (χ2n) is 8.53. The molecule has 3 aromatic rings. The Morgan fingerprint density at radius 3 is 2.33 bits per heavy atom. The van der Waals surface area contributed by atoms with E-state index in [1.54, 1.807) is 11.6 Å². The van der Waals surface area contributed by atoms with Gasteiger partial charge in [-0.3, -0.25) is 9.69 Å². The highest BCUT2D eigenvalue weighted by molar-refractivity contribution is 7.88. The molecule has 1 saturated heterocycles. The lowest BCUT2D eigenvalue weighted by Gasteiger charge is -2.33. The molecule has 194 valence electrons. The third-order valence-corrected chi connectivity index (χ3v) is 7.71. The second-order valence-corrected chi connectivity index (χ2v) is 10.9. The maximum absolute atomic E-state index is 12.8. The average Bonchev–Trinajstić information content (AvgIpc) is 3.13. The summed E-state index contributed by atoms with van der Waals surface area (Å²) in [5.74, 6) is -0.606. The number of anilines is 1. The van der Waals surface area contributed by atoms with Crippen molar-refractivity contribution < 1.29 is 26.4 Å². The van der Waals surface area contributed by atoms with Crippen LogP contribution in [0.25, 0.3) is 11.0 Å². The summed E-state index contributed by atoms with van der Waals surface area (Å²) in [6, 6.07) is 4.10. The highest BCUT2D eigenvalue weighted by atomic mass is 35.5. The monoisotopic (exact) mass is 544 g/mol. The standard InChI is InChI=1S/C22H24ClF3N6O3S/c1-14-18-19(23)17(21(33)28-16-5-3-15(4-6-16)22(24,25)26)13-27-20(18)32(29-14)12-9-30-7-10-31(11-8-30)36(2,34)35/h3-6,13H,7-12H2,1-2H3,(H,28,33). The predicted octanol–water partition coefficient (Wildman–Crippen LogP) is 3.24. The third-order valence-electron chi connectivity index (χ3n) is 6.02. The minimum absolute atomic E-state index is 0.0728. The molecule has 0 aliphatic carbocycles. The van der Waals surface area contributed by atoms with Gasteiger partial charge in [0, 0.05) is 44.6 Å². The van der Waals surface area contributed by atoms with E-state index < -0.39 is 27.7 Å². The van der Waals surface area contributed by atoms with E-state index in [0.717, 1.165) is 12.1 Å². The van der Waals surface area contributed by atoms with Gasteiger partial charge in [0.15, 0.2) is 5.65 Å². The molecule has 0 bridgehead atoms. The van der Waals surface area contributed by atoms with Crippen LogP contribution in [0.3, 0.4) is 0 Å². The number of nitrogens with one attached hydrogen (secondary N) is 1. The molecule has 1 aromatic carbocycles. The molecule has 0 unspecified atom stereocenters. The Hall–Kier alpha value is -2.74. The molecule has 14 heteroatoms. The van der Waals surface area contributed by atoms with E-state index >= 15 is 0 Å². The van der Waals surface area contributed by atoms with Crippen molar-refractivity contribution in [3.63, 3.8) is 0 Å². The Kier molecular flexibility index (Phi) is 7.28. The lowest BCUT2D eigenvalue weighted by molar-refractivity contribution is -0.137. The van der Waals surface area contributed by atoms with Gasteiger partial charge < -0.3 is 5.32 Å². The Bertz CT molecular complexity index is 1380. The summed E-state index contributed by atoms with van der Waals surface area (Å²) in [6.07, 6.45) is -1.95. The van der Waals surface area contributed by atoms with E-state index in [1.807, 2.05) is 0 Å². The van der Waals surface area contributed by atoms with Gasteiger partial charge >= 0.3 is 6.18 Å². The molecule has 0 atom stereocenters. The number of carbonyl (C=O) groups is 1. The number of benzene rings is 1. The third kappa shape index (κ3) is 5.64. The van der Waals surface area contributed by atoms with Crippen molar-refractivity contribution in [3.8, 4) is 0 Å². The topological polar surface area (TPSA) is 100 Å². The van der Waals surface area contributed by atoms with Crippen LogP contribution in [0.15, 0.2) is 30.5 Å². The van der Waals surface area contributed by atoms with Crippen LogP contribution in [0.1, 0.15) is 21.6 Å². The summed E-state index contributed by atoms with van der Waals surface area (Å²) in [6.45, 7) is 4.93. The molecule has 0 saturated carbocycles. The van der Waals surface area contributed by atoms with Crippen LogP contribution < -0.4 is 5.32 Å². The van der Waals surface area contributed by atoms with Crippen LogP contribution in [-0.2, 0) is 22.7 Å². The zero-order valence-corrected chi connectivity index (χ0v) is 21.1. The Balaban J connectivity index is 1.46. The Morgan fingerprint density at radius 1 is 1.11 bits per heavy atom. The van der Waals surface area contributed by atoms with Crippen molar-refractivity contribution in [2.24, 2.45) is 0 Å². The normalized spacial score (nSPS) is 15.9. The number of hydrogen-bond acceptors (Lipinski definition) is 6. The van der Waals surface area contributed by atoms with Gasteiger partial charge in [-0.1, -0.05) is 11.6 Å². The SMILES string of the molecule is Cc1nn(CCN2CCN(S(C)(=O)=O)CC2)c2ncc(C(=O)Nc3ccc(C(F)(F)F)cc3)c(Cl)c12. The molecule has 0 radical (unpaired) electrons. The number of carbonyl (C=O) groups excluding carboxylic acids is 1. The van der Waals surface area contributed by atoms with Crippen LogP contribution in [0.5, 0.6) is 0 Å². The van der Waals surface area contributed by atoms with Gasteiger partial charge in [0.1, 0.15) is 0 Å². The average molecular weight is 545 g/mol. The van der Waals surface area contributed by atoms with Crippen molar-refractivity contribution in [3.05, 3.63) is 52.3 Å². The van der Waals surface area contributed by atoms with E-state index in [1.165, 1.54) is 28.9 Å². The number of amides is 1. The maximum Gasteiger partial charge on any atom is 0.416 e. The van der Waals surface area contributed by atoms with Gasteiger partial charge in [-0.05, 0) is 31.2 Å². The first-order valence-corrected chi connectivity index (χ1v) is 13.2. The minimum atomic E-state index is -4.47. The van der Waals surface area contributed by atoms with Crippen molar-refractivity contribution in [2.75, 3.05) is 44.3 Å². The largest absolute Gasteiger partial charge is 0.416 e. The summed E-state index contributed by atoms with van der Waals surface area (Å²) in [5, 5.41) is 7.71. The number of halogens is 4. The number of fused-ring (bicyclic) bond motifs is 1. The van der Waals surface area contributed by atoms with E-state index in [0.29, 0.717) is 56.0 Å². The maximum atomic E-state index is 12.8. The fraction of sp³-hybridized carbons (Fsp3) is 0.409. The van der Waals surface area contributed by atoms with Crippen molar-refractivity contribution in [2.45, 2.75) is 19.6 Å². The van der Waals surface area contributed by atoms with Crippen LogP contribution in [0.4, 0.5) is 18.9 Å². The van der Waals surface area contributed by atoms with Crippen molar-refractivity contribution in [1.82, 2.24) is 24.0 Å². The molecule has 2 aromatic heterocycles. The first kappa shape index (κ1) is 26.3. The zero-order valence-electron chi connectivity index (χ0n) is 19.5. The van der Waals surface area contributed by atoms with Crippen LogP contribution in [0.2, 0.25) is 5.02 Å². The number of piperazine rings is 1. The summed E-state index contributed by atoms with van der Waals surface area (Å²) >= 11 is 6.54. The smallest absolute Gasteiger partial charge is 0.322 e. The van der Waals surface area contributed by atoms with Crippen LogP contribution in [0, 0.1) is 6.92 Å². The number of rotatable bonds is 6. The fourth-order valence-electron chi connectivity index (χ4n) is 4.05. The highest BCUT2D eigenvalue weighted by Crippen LogP contribution is 2.31. The van der Waals surface area contributed by atoms with Crippen molar-refractivity contribution in [1.29, 1.82) is 0 Å². The second kappa shape index (κ2) is 9.96. The molecule has 1 fully saturated rings. The number of pyridine rings is 1. The predicted molar refractivity (Wildman–Crippen MR) is 130 cm³/mol. The molecular formula is C22H24ClF3N6O3S. The number of hydrogen-bond donors (Lipinski definition) is 1. The number of nitrogens with zero attached hydrogens (tertiary/aromatic N) is 5. The number of aryl methyl sites for hydroxylation is 1. The highest BCUT2D eigenvalue weighted by Gasteiger charge is 2.30.